The van der Waals surface area contributed by atoms with Crippen LogP contribution in [0, 0.1) is 17.0 Å². The standard InChI is InChI=1S/C38H41F2N7O5/c1-37(2,3)35(48)21-45-18-19-47(36(45)49)30-7-5-28(6-8-30)43-14-16-44(17-15-43)29-9-11-31(12-10-29)50-22-32-23-51-38(52-32,24-46-26-41-25-42-46)33-13-4-27(39)20-34(33)40/h4-13,18-20,25-26,32H,14-17,21-24H2,1-3H3. The number of ether oxygens (including phenoxy) is 3. The maximum absolute atomic E-state index is 14.9. The number of benzene rings is 3. The summed E-state index contributed by atoms with van der Waals surface area (Å²) in [7, 11) is 0. The van der Waals surface area contributed by atoms with Gasteiger partial charge in [-0.25, -0.2) is 23.2 Å². The molecule has 12 nitrogen and oxygen atoms in total. The third-order valence-electron chi connectivity index (χ3n) is 9.45. The van der Waals surface area contributed by atoms with Crippen molar-refractivity contribution in [2.45, 2.75) is 45.8 Å². The molecule has 14 heteroatoms. The average molecular weight is 714 g/mol. The molecule has 2 aliphatic heterocycles. The molecule has 0 spiro atoms. The van der Waals surface area contributed by atoms with Crippen molar-refractivity contribution in [3.05, 3.63) is 119 Å². The smallest absolute Gasteiger partial charge is 0.333 e. The van der Waals surface area contributed by atoms with Gasteiger partial charge in [0.2, 0.25) is 5.79 Å². The molecule has 0 N–H and O–H groups in total. The summed E-state index contributed by atoms with van der Waals surface area (Å²) in [5.74, 6) is -2.33. The zero-order valence-electron chi connectivity index (χ0n) is 29.3. The first-order valence-corrected chi connectivity index (χ1v) is 17.2. The minimum Gasteiger partial charge on any atom is -0.491 e. The number of nitrogens with zero attached hydrogens (tertiary/aromatic N) is 7. The topological polar surface area (TPSA) is 109 Å². The molecule has 0 radical (unpaired) electrons. The summed E-state index contributed by atoms with van der Waals surface area (Å²) >= 11 is 0. The summed E-state index contributed by atoms with van der Waals surface area (Å²) in [5, 5.41) is 4.10. The SMILES string of the molecule is CC(C)(C)C(=O)Cn1ccn(-c2ccc(N3CCN(c4ccc(OCC5COC(Cn6cncn6)(c6ccc(F)cc6F)O5)cc4)CC3)cc2)c1=O. The summed E-state index contributed by atoms with van der Waals surface area (Å²) in [6, 6.07) is 19.1. The van der Waals surface area contributed by atoms with E-state index in [2.05, 4.69) is 19.9 Å². The van der Waals surface area contributed by atoms with E-state index in [9.17, 15) is 18.4 Å². The van der Waals surface area contributed by atoms with E-state index >= 15 is 0 Å². The maximum Gasteiger partial charge on any atom is 0.333 e. The van der Waals surface area contributed by atoms with Gasteiger partial charge in [0.25, 0.3) is 0 Å². The number of rotatable bonds is 11. The van der Waals surface area contributed by atoms with Crippen LogP contribution >= 0.6 is 0 Å². The second-order valence-electron chi connectivity index (χ2n) is 14.1. The lowest BCUT2D eigenvalue weighted by molar-refractivity contribution is -0.192. The lowest BCUT2D eigenvalue weighted by Crippen LogP contribution is -2.46. The van der Waals surface area contributed by atoms with Gasteiger partial charge in [-0.05, 0) is 60.7 Å². The number of carbonyl (C=O) groups is 1. The highest BCUT2D eigenvalue weighted by Gasteiger charge is 2.46. The number of ketones is 1. The van der Waals surface area contributed by atoms with Crippen molar-refractivity contribution in [3.8, 4) is 11.4 Å². The number of imidazole rings is 1. The molecule has 0 bridgehead atoms. The van der Waals surface area contributed by atoms with Crippen molar-refractivity contribution in [1.82, 2.24) is 23.9 Å². The Kier molecular flexibility index (Phi) is 9.68. The Morgan fingerprint density at radius 2 is 1.58 bits per heavy atom. The van der Waals surface area contributed by atoms with Crippen molar-refractivity contribution < 1.29 is 27.8 Å². The number of piperazine rings is 1. The zero-order valence-corrected chi connectivity index (χ0v) is 29.3. The predicted octanol–water partition coefficient (Wildman–Crippen LogP) is 4.80. The molecular formula is C38H41F2N7O5. The van der Waals surface area contributed by atoms with Crippen LogP contribution in [-0.2, 0) is 33.1 Å². The Balaban J connectivity index is 0.915. The molecule has 3 aromatic carbocycles. The Labute approximate surface area is 299 Å². The lowest BCUT2D eigenvalue weighted by atomic mass is 9.91. The Morgan fingerprint density at radius 1 is 0.923 bits per heavy atom. The normalized spacial score (nSPS) is 19.3. The zero-order chi connectivity index (χ0) is 36.5. The monoisotopic (exact) mass is 713 g/mol. The van der Waals surface area contributed by atoms with Crippen LogP contribution in [0.2, 0.25) is 0 Å². The van der Waals surface area contributed by atoms with Gasteiger partial charge in [0.1, 0.15) is 49.3 Å². The van der Waals surface area contributed by atoms with Crippen molar-refractivity contribution in [2.24, 2.45) is 5.41 Å². The molecule has 0 aliphatic carbocycles. The largest absolute Gasteiger partial charge is 0.491 e. The number of aromatic nitrogens is 5. The van der Waals surface area contributed by atoms with Gasteiger partial charge in [0, 0.05) is 67.0 Å². The van der Waals surface area contributed by atoms with E-state index in [4.69, 9.17) is 14.2 Å². The van der Waals surface area contributed by atoms with Gasteiger partial charge in [-0.15, -0.1) is 0 Å². The Bertz CT molecular complexity index is 2050. The van der Waals surface area contributed by atoms with Crippen LogP contribution in [0.3, 0.4) is 0 Å². The number of hydrogen-bond donors (Lipinski definition) is 0. The molecule has 2 atom stereocenters. The van der Waals surface area contributed by atoms with Gasteiger partial charge in [-0.2, -0.15) is 5.10 Å². The first kappa shape index (κ1) is 35.1. The molecule has 272 valence electrons. The van der Waals surface area contributed by atoms with Crippen molar-refractivity contribution >= 4 is 17.2 Å². The van der Waals surface area contributed by atoms with Gasteiger partial charge in [-0.3, -0.25) is 13.9 Å². The molecule has 2 unspecified atom stereocenters. The quantitative estimate of drug-likeness (QED) is 0.191. The highest BCUT2D eigenvalue weighted by atomic mass is 19.1. The summed E-state index contributed by atoms with van der Waals surface area (Å²) in [5.41, 5.74) is 2.22. The van der Waals surface area contributed by atoms with Crippen molar-refractivity contribution in [2.75, 3.05) is 49.2 Å². The Hall–Kier alpha value is -5.34. The number of carbonyl (C=O) groups excluding carboxylic acids is 1. The fraction of sp³-hybridized carbons (Fsp3) is 0.368. The average Bonchev–Trinajstić information content (AvgIpc) is 3.89. The number of Topliss-reactive ketones (excluding diaryl/α,β-unsaturated/α-hetero) is 1. The van der Waals surface area contributed by atoms with Gasteiger partial charge in [-0.1, -0.05) is 20.8 Å². The van der Waals surface area contributed by atoms with E-state index in [0.717, 1.165) is 49.3 Å². The molecule has 2 saturated heterocycles. The van der Waals surface area contributed by atoms with E-state index < -0.39 is 28.9 Å². The van der Waals surface area contributed by atoms with E-state index in [-0.39, 0.29) is 43.3 Å². The fourth-order valence-electron chi connectivity index (χ4n) is 6.39. The van der Waals surface area contributed by atoms with Gasteiger partial charge in [0.15, 0.2) is 5.78 Å². The first-order valence-electron chi connectivity index (χ1n) is 17.2. The summed E-state index contributed by atoms with van der Waals surface area (Å²) in [4.78, 5) is 34.0. The van der Waals surface area contributed by atoms with Gasteiger partial charge in [0.05, 0.1) is 18.8 Å². The molecule has 0 saturated carbocycles. The number of halogens is 2. The summed E-state index contributed by atoms with van der Waals surface area (Å²) in [6.07, 6.45) is 5.68. The van der Waals surface area contributed by atoms with E-state index in [1.807, 2.05) is 69.3 Å². The van der Waals surface area contributed by atoms with E-state index in [1.165, 1.54) is 34.0 Å². The van der Waals surface area contributed by atoms with Crippen LogP contribution in [0.4, 0.5) is 20.2 Å². The molecular weight excluding hydrogens is 672 g/mol. The molecule has 52 heavy (non-hydrogen) atoms. The minimum absolute atomic E-state index is 0.00343. The lowest BCUT2D eigenvalue weighted by Gasteiger charge is -2.37. The summed E-state index contributed by atoms with van der Waals surface area (Å²) in [6.45, 7) is 9.24. The number of hydrogen-bond acceptors (Lipinski definition) is 9. The van der Waals surface area contributed by atoms with E-state index in [0.29, 0.717) is 5.75 Å². The molecule has 5 aromatic rings. The summed E-state index contributed by atoms with van der Waals surface area (Å²) < 4.78 is 51.4. The van der Waals surface area contributed by atoms with Crippen molar-refractivity contribution in [1.29, 1.82) is 0 Å². The third kappa shape index (κ3) is 7.48. The highest BCUT2D eigenvalue weighted by molar-refractivity contribution is 5.83. The van der Waals surface area contributed by atoms with Crippen LogP contribution in [-0.4, -0.2) is 75.2 Å². The predicted molar refractivity (Wildman–Crippen MR) is 190 cm³/mol. The molecule has 2 fully saturated rings. The molecule has 2 aromatic heterocycles. The number of anilines is 2. The Morgan fingerprint density at radius 3 is 2.19 bits per heavy atom. The first-order chi connectivity index (χ1) is 25.0. The second kappa shape index (κ2) is 14.4. The maximum atomic E-state index is 14.9. The van der Waals surface area contributed by atoms with Crippen LogP contribution in [0.1, 0.15) is 26.3 Å². The van der Waals surface area contributed by atoms with Gasteiger partial charge < -0.3 is 24.0 Å². The van der Waals surface area contributed by atoms with Gasteiger partial charge >= 0.3 is 5.69 Å². The second-order valence-corrected chi connectivity index (χ2v) is 14.1. The van der Waals surface area contributed by atoms with E-state index in [1.54, 1.807) is 17.0 Å². The van der Waals surface area contributed by atoms with Crippen molar-refractivity contribution in [3.63, 3.8) is 0 Å². The molecule has 0 amide bonds. The highest BCUT2D eigenvalue weighted by Crippen LogP contribution is 2.38. The molecule has 7 rings (SSSR count). The van der Waals surface area contributed by atoms with Crippen LogP contribution in [0.15, 0.2) is 96.6 Å². The van der Waals surface area contributed by atoms with Crippen LogP contribution in [0.5, 0.6) is 5.75 Å². The van der Waals surface area contributed by atoms with Crippen LogP contribution < -0.4 is 20.2 Å². The molecule has 2 aliphatic rings. The molecule has 4 heterocycles. The fourth-order valence-corrected chi connectivity index (χ4v) is 6.39. The minimum atomic E-state index is -1.52. The van der Waals surface area contributed by atoms with Crippen LogP contribution in [0.25, 0.3) is 5.69 Å². The third-order valence-corrected chi connectivity index (χ3v) is 9.45.